The van der Waals surface area contributed by atoms with E-state index in [0.717, 1.165) is 33.3 Å². The molecule has 0 atom stereocenters. The Morgan fingerprint density at radius 2 is 1.68 bits per heavy atom. The Morgan fingerprint density at radius 3 is 2.43 bits per heavy atom. The van der Waals surface area contributed by atoms with Crippen molar-refractivity contribution in [2.75, 3.05) is 5.32 Å². The van der Waals surface area contributed by atoms with Gasteiger partial charge in [0.1, 0.15) is 5.82 Å². The summed E-state index contributed by atoms with van der Waals surface area (Å²) in [6.07, 6.45) is 0. The van der Waals surface area contributed by atoms with Gasteiger partial charge in [-0.25, -0.2) is 4.98 Å². The Kier molecular flexibility index (Phi) is 4.43. The molecule has 2 heterocycles. The molecule has 0 bridgehead atoms. The van der Waals surface area contributed by atoms with Crippen molar-refractivity contribution in [2.24, 2.45) is 0 Å². The van der Waals surface area contributed by atoms with Crippen molar-refractivity contribution in [3.05, 3.63) is 82.5 Å². The van der Waals surface area contributed by atoms with Gasteiger partial charge < -0.3 is 5.32 Å². The minimum absolute atomic E-state index is 0.171. The lowest BCUT2D eigenvalue weighted by Gasteiger charge is -2.12. The van der Waals surface area contributed by atoms with Crippen LogP contribution in [0.4, 0.5) is 5.82 Å². The molecule has 0 saturated carbocycles. The lowest BCUT2D eigenvalue weighted by Crippen LogP contribution is -2.15. The molecule has 2 aromatic heterocycles. The number of anilines is 1. The second-order valence-corrected chi connectivity index (χ2v) is 7.17. The molecular weight excluding hydrogens is 348 g/mol. The number of para-hydroxylation sites is 1. The Hall–Kier alpha value is -3.47. The topological polar surface area (TPSA) is 59.8 Å². The van der Waals surface area contributed by atoms with Crippen LogP contribution in [0.5, 0.6) is 0 Å². The molecule has 0 radical (unpaired) electrons. The number of amides is 1. The molecule has 5 nitrogen and oxygen atoms in total. The monoisotopic (exact) mass is 370 g/mol. The molecule has 0 aliphatic heterocycles. The van der Waals surface area contributed by atoms with Gasteiger partial charge in [-0.3, -0.25) is 4.79 Å². The van der Waals surface area contributed by atoms with E-state index in [1.807, 2.05) is 69.3 Å². The van der Waals surface area contributed by atoms with Crippen LogP contribution in [0.25, 0.3) is 16.7 Å². The number of carbonyl (C=O) groups is 1. The normalized spacial score (nSPS) is 11.0. The van der Waals surface area contributed by atoms with Gasteiger partial charge in [-0.1, -0.05) is 35.9 Å². The minimum Gasteiger partial charge on any atom is -0.306 e. The average Bonchev–Trinajstić information content (AvgIpc) is 3.03. The molecule has 4 rings (SSSR count). The van der Waals surface area contributed by atoms with Crippen LogP contribution in [0.2, 0.25) is 0 Å². The zero-order chi connectivity index (χ0) is 19.8. The Balaban J connectivity index is 1.76. The van der Waals surface area contributed by atoms with Gasteiger partial charge in [-0.2, -0.15) is 9.78 Å². The van der Waals surface area contributed by atoms with Gasteiger partial charge in [0.2, 0.25) is 0 Å². The van der Waals surface area contributed by atoms with E-state index in [2.05, 4.69) is 23.4 Å². The molecule has 0 aliphatic carbocycles. The summed E-state index contributed by atoms with van der Waals surface area (Å²) >= 11 is 0. The molecule has 5 heteroatoms. The zero-order valence-electron chi connectivity index (χ0n) is 16.4. The second kappa shape index (κ2) is 6.93. The molecule has 0 spiro atoms. The molecule has 140 valence electrons. The van der Waals surface area contributed by atoms with Crippen LogP contribution < -0.4 is 5.32 Å². The lowest BCUT2D eigenvalue weighted by atomic mass is 10.1. The molecule has 1 N–H and O–H groups in total. The molecule has 2 aromatic carbocycles. The predicted octanol–water partition coefficient (Wildman–Crippen LogP) is 4.91. The van der Waals surface area contributed by atoms with Crippen LogP contribution in [-0.4, -0.2) is 20.7 Å². The number of hydrogen-bond acceptors (Lipinski definition) is 3. The van der Waals surface area contributed by atoms with Crippen LogP contribution in [-0.2, 0) is 0 Å². The van der Waals surface area contributed by atoms with Crippen molar-refractivity contribution < 1.29 is 4.79 Å². The van der Waals surface area contributed by atoms with Crippen molar-refractivity contribution in [1.82, 2.24) is 14.8 Å². The molecule has 0 fully saturated rings. The number of carbonyl (C=O) groups excluding carboxylic acids is 1. The van der Waals surface area contributed by atoms with Crippen molar-refractivity contribution in [2.45, 2.75) is 27.7 Å². The summed E-state index contributed by atoms with van der Waals surface area (Å²) in [5.41, 5.74) is 5.70. The number of benzene rings is 2. The molecule has 0 aliphatic rings. The van der Waals surface area contributed by atoms with Crippen molar-refractivity contribution >= 4 is 22.6 Å². The van der Waals surface area contributed by atoms with Crippen molar-refractivity contribution in [1.29, 1.82) is 0 Å². The van der Waals surface area contributed by atoms with E-state index >= 15 is 0 Å². The first kappa shape index (κ1) is 17.9. The molecule has 0 unspecified atom stereocenters. The van der Waals surface area contributed by atoms with Crippen molar-refractivity contribution in [3.8, 4) is 5.82 Å². The number of rotatable bonds is 3. The van der Waals surface area contributed by atoms with Crippen molar-refractivity contribution in [3.63, 3.8) is 0 Å². The summed E-state index contributed by atoms with van der Waals surface area (Å²) in [5.74, 6) is 1.12. The predicted molar refractivity (Wildman–Crippen MR) is 112 cm³/mol. The Labute approximate surface area is 164 Å². The SMILES string of the molecule is Cc1ccc(C(=O)Nc2cc(C)nn2-c2cc(C)c3cccc(C)c3n2)cc1. The maximum atomic E-state index is 12.7. The number of aromatic nitrogens is 3. The van der Waals surface area contributed by atoms with Gasteiger partial charge >= 0.3 is 0 Å². The number of nitrogens with zero attached hydrogens (tertiary/aromatic N) is 3. The highest BCUT2D eigenvalue weighted by Gasteiger charge is 2.15. The Bertz CT molecular complexity index is 1190. The summed E-state index contributed by atoms with van der Waals surface area (Å²) in [5, 5.41) is 8.65. The molecule has 28 heavy (non-hydrogen) atoms. The van der Waals surface area contributed by atoms with Crippen LogP contribution in [0.1, 0.15) is 32.7 Å². The van der Waals surface area contributed by atoms with Gasteiger partial charge in [0.25, 0.3) is 5.91 Å². The van der Waals surface area contributed by atoms with Gasteiger partial charge in [0, 0.05) is 17.0 Å². The highest BCUT2D eigenvalue weighted by atomic mass is 16.1. The third kappa shape index (κ3) is 3.27. The standard InChI is InChI=1S/C23H22N4O/c1-14-8-10-18(11-9-14)23(28)25-21-13-17(4)26-27(21)20-12-16(3)19-7-5-6-15(2)22(19)24-20/h5-13H,1-4H3,(H,25,28). The smallest absolute Gasteiger partial charge is 0.256 e. The molecule has 4 aromatic rings. The van der Waals surface area contributed by atoms with Crippen LogP contribution in [0.3, 0.4) is 0 Å². The van der Waals surface area contributed by atoms with E-state index < -0.39 is 0 Å². The first-order valence-electron chi connectivity index (χ1n) is 9.24. The van der Waals surface area contributed by atoms with E-state index in [-0.39, 0.29) is 5.91 Å². The van der Waals surface area contributed by atoms with E-state index in [9.17, 15) is 4.79 Å². The maximum absolute atomic E-state index is 12.7. The first-order valence-corrected chi connectivity index (χ1v) is 9.24. The summed E-state index contributed by atoms with van der Waals surface area (Å²) in [6, 6.07) is 17.5. The second-order valence-electron chi connectivity index (χ2n) is 7.17. The van der Waals surface area contributed by atoms with E-state index in [4.69, 9.17) is 4.98 Å². The average molecular weight is 370 g/mol. The number of hydrogen-bond donors (Lipinski definition) is 1. The number of nitrogens with one attached hydrogen (secondary N) is 1. The summed E-state index contributed by atoms with van der Waals surface area (Å²) in [7, 11) is 0. The number of fused-ring (bicyclic) bond motifs is 1. The van der Waals surface area contributed by atoms with Gasteiger partial charge in [-0.15, -0.1) is 0 Å². The van der Waals surface area contributed by atoms with E-state index in [1.54, 1.807) is 4.68 Å². The summed E-state index contributed by atoms with van der Waals surface area (Å²) < 4.78 is 1.69. The molecule has 1 amide bonds. The van der Waals surface area contributed by atoms with Crippen LogP contribution in [0.15, 0.2) is 54.6 Å². The van der Waals surface area contributed by atoms with E-state index in [0.29, 0.717) is 17.2 Å². The van der Waals surface area contributed by atoms with Crippen LogP contribution >= 0.6 is 0 Å². The van der Waals surface area contributed by atoms with Gasteiger partial charge in [-0.05, 0) is 57.0 Å². The van der Waals surface area contributed by atoms with Gasteiger partial charge in [0.15, 0.2) is 5.82 Å². The van der Waals surface area contributed by atoms with Crippen LogP contribution in [0, 0.1) is 27.7 Å². The number of pyridine rings is 1. The lowest BCUT2D eigenvalue weighted by molar-refractivity contribution is 0.102. The molecule has 0 saturated heterocycles. The quantitative estimate of drug-likeness (QED) is 0.558. The minimum atomic E-state index is -0.171. The van der Waals surface area contributed by atoms with E-state index in [1.165, 1.54) is 0 Å². The zero-order valence-corrected chi connectivity index (χ0v) is 16.4. The summed E-state index contributed by atoms with van der Waals surface area (Å²) in [4.78, 5) is 17.5. The van der Waals surface area contributed by atoms with Gasteiger partial charge in [0.05, 0.1) is 11.2 Å². The fraction of sp³-hybridized carbons (Fsp3) is 0.174. The molecular formula is C23H22N4O. The highest BCUT2D eigenvalue weighted by molar-refractivity contribution is 6.04. The fourth-order valence-electron chi connectivity index (χ4n) is 3.31. The summed E-state index contributed by atoms with van der Waals surface area (Å²) in [6.45, 7) is 8.01. The third-order valence-electron chi connectivity index (χ3n) is 4.84. The maximum Gasteiger partial charge on any atom is 0.256 e. The largest absolute Gasteiger partial charge is 0.306 e. The highest BCUT2D eigenvalue weighted by Crippen LogP contribution is 2.24. The third-order valence-corrected chi connectivity index (χ3v) is 4.84. The number of aryl methyl sites for hydroxylation is 4. The first-order chi connectivity index (χ1) is 13.4. The fourth-order valence-corrected chi connectivity index (χ4v) is 3.31. The Morgan fingerprint density at radius 1 is 0.929 bits per heavy atom.